The highest BCUT2D eigenvalue weighted by molar-refractivity contribution is 7.90. The highest BCUT2D eigenvalue weighted by atomic mass is 32.2. The zero-order chi connectivity index (χ0) is 20.6. The third kappa shape index (κ3) is 4.13. The Kier molecular flexibility index (Phi) is 5.06. The molecule has 0 spiro atoms. The second-order valence-corrected chi connectivity index (χ2v) is 9.30. The van der Waals surface area contributed by atoms with Crippen molar-refractivity contribution in [3.05, 3.63) is 59.3 Å². The molecule has 0 amide bonds. The van der Waals surface area contributed by atoms with E-state index < -0.39 is 15.8 Å². The van der Waals surface area contributed by atoms with Crippen LogP contribution in [0.4, 0.5) is 0 Å². The Bertz CT molecular complexity index is 1170. The minimum absolute atomic E-state index is 0.0344. The number of ether oxygens (including phenoxy) is 1. The van der Waals surface area contributed by atoms with E-state index >= 15 is 0 Å². The second-order valence-electron chi connectivity index (χ2n) is 7.28. The first-order chi connectivity index (χ1) is 13.8. The van der Waals surface area contributed by atoms with Crippen LogP contribution in [0.3, 0.4) is 0 Å². The molecule has 0 radical (unpaired) electrons. The van der Waals surface area contributed by atoms with Crippen LogP contribution in [-0.2, 0) is 27.7 Å². The van der Waals surface area contributed by atoms with Crippen molar-refractivity contribution in [3.8, 4) is 5.75 Å². The van der Waals surface area contributed by atoms with Crippen LogP contribution in [0.1, 0.15) is 29.3 Å². The molecule has 29 heavy (non-hydrogen) atoms. The number of rotatable bonds is 6. The van der Waals surface area contributed by atoms with Crippen molar-refractivity contribution in [2.75, 3.05) is 12.8 Å². The maximum absolute atomic E-state index is 11.6. The summed E-state index contributed by atoms with van der Waals surface area (Å²) in [4.78, 5) is 14.8. The van der Waals surface area contributed by atoms with Crippen molar-refractivity contribution in [3.63, 3.8) is 0 Å². The quantitative estimate of drug-likeness (QED) is 0.572. The lowest BCUT2D eigenvalue weighted by molar-refractivity contribution is -0.137. The lowest BCUT2D eigenvalue weighted by Crippen LogP contribution is -2.31. The third-order valence-corrected chi connectivity index (χ3v) is 6.29. The number of H-pyrrole nitrogens is 1. The lowest BCUT2D eigenvalue weighted by Gasteiger charge is -2.22. The molecule has 4 rings (SSSR count). The largest absolute Gasteiger partial charge is 0.489 e. The number of carboxylic acid groups (broad SMARTS) is 1. The minimum Gasteiger partial charge on any atom is -0.489 e. The summed E-state index contributed by atoms with van der Waals surface area (Å²) in [5.41, 5.74) is 3.90. The van der Waals surface area contributed by atoms with Gasteiger partial charge in [0.1, 0.15) is 12.4 Å². The summed E-state index contributed by atoms with van der Waals surface area (Å²) in [6, 6.07) is 12.2. The van der Waals surface area contributed by atoms with Crippen LogP contribution in [-0.4, -0.2) is 37.3 Å². The molecule has 1 atom stereocenters. The number of carbonyl (C=O) groups is 1. The van der Waals surface area contributed by atoms with Crippen LogP contribution < -0.4 is 10.1 Å². The van der Waals surface area contributed by atoms with Crippen LogP contribution in [0.25, 0.3) is 10.9 Å². The first-order valence-electron chi connectivity index (χ1n) is 9.33. The van der Waals surface area contributed by atoms with Crippen molar-refractivity contribution >= 4 is 26.7 Å². The Morgan fingerprint density at radius 2 is 1.97 bits per heavy atom. The summed E-state index contributed by atoms with van der Waals surface area (Å²) in [5, 5.41) is 13.4. The van der Waals surface area contributed by atoms with Gasteiger partial charge in [0.15, 0.2) is 9.84 Å². The van der Waals surface area contributed by atoms with Crippen LogP contribution in [0.2, 0.25) is 0 Å². The summed E-state index contributed by atoms with van der Waals surface area (Å²) in [6.45, 7) is 1.06. The van der Waals surface area contributed by atoms with Gasteiger partial charge in [-0.1, -0.05) is 12.1 Å². The summed E-state index contributed by atoms with van der Waals surface area (Å²) in [6.07, 6.45) is 2.04. The Morgan fingerprint density at radius 1 is 1.21 bits per heavy atom. The standard InChI is InChI=1S/C21H22N2O5S/c1-29(26,27)15-5-2-13(3-6-15)12-28-14-4-7-18-17(10-14)16-8-9-22-19(11-20(24)25)21(16)23-18/h2-7,10,19,22-23H,8-9,11-12H2,1H3,(H,24,25)/t19-/m1/s1. The predicted molar refractivity (Wildman–Crippen MR) is 109 cm³/mol. The normalized spacial score (nSPS) is 16.5. The fourth-order valence-corrected chi connectivity index (χ4v) is 4.36. The molecule has 0 bridgehead atoms. The highest BCUT2D eigenvalue weighted by Gasteiger charge is 2.25. The lowest BCUT2D eigenvalue weighted by atomic mass is 9.97. The maximum Gasteiger partial charge on any atom is 0.305 e. The Labute approximate surface area is 168 Å². The fourth-order valence-electron chi connectivity index (χ4n) is 3.73. The number of aromatic amines is 1. The summed E-state index contributed by atoms with van der Waals surface area (Å²) < 4.78 is 29.0. The van der Waals surface area contributed by atoms with Gasteiger partial charge in [-0.25, -0.2) is 8.42 Å². The number of fused-ring (bicyclic) bond motifs is 3. The number of nitrogens with one attached hydrogen (secondary N) is 2. The fraction of sp³-hybridized carbons (Fsp3) is 0.286. The third-order valence-electron chi connectivity index (χ3n) is 5.16. The van der Waals surface area contributed by atoms with Gasteiger partial charge in [-0.15, -0.1) is 0 Å². The topological polar surface area (TPSA) is 108 Å². The van der Waals surface area contributed by atoms with Gasteiger partial charge < -0.3 is 20.1 Å². The zero-order valence-corrected chi connectivity index (χ0v) is 16.8. The van der Waals surface area contributed by atoms with E-state index in [0.29, 0.717) is 12.4 Å². The van der Waals surface area contributed by atoms with Crippen LogP contribution in [0.5, 0.6) is 5.75 Å². The summed E-state index contributed by atoms with van der Waals surface area (Å²) in [5.74, 6) is -0.125. The first-order valence-corrected chi connectivity index (χ1v) is 11.2. The van der Waals surface area contributed by atoms with E-state index in [1.54, 1.807) is 24.3 Å². The van der Waals surface area contributed by atoms with Gasteiger partial charge in [0, 0.05) is 22.9 Å². The summed E-state index contributed by atoms with van der Waals surface area (Å²) in [7, 11) is -3.21. The molecule has 1 aliphatic heterocycles. The van der Waals surface area contributed by atoms with Crippen LogP contribution in [0, 0.1) is 0 Å². The molecular weight excluding hydrogens is 392 g/mol. The number of sulfone groups is 1. The molecule has 0 aliphatic carbocycles. The molecule has 0 fully saturated rings. The van der Waals surface area contributed by atoms with E-state index in [9.17, 15) is 13.2 Å². The molecule has 3 N–H and O–H groups in total. The van der Waals surface area contributed by atoms with Gasteiger partial charge in [0.2, 0.25) is 0 Å². The molecular formula is C21H22N2O5S. The van der Waals surface area contributed by atoms with E-state index in [-0.39, 0.29) is 17.4 Å². The van der Waals surface area contributed by atoms with Gasteiger partial charge in [0.05, 0.1) is 17.4 Å². The molecule has 3 aromatic rings. The van der Waals surface area contributed by atoms with Crippen molar-refractivity contribution < 1.29 is 23.1 Å². The van der Waals surface area contributed by atoms with Gasteiger partial charge >= 0.3 is 5.97 Å². The molecule has 0 saturated heterocycles. The van der Waals surface area contributed by atoms with Crippen LogP contribution in [0.15, 0.2) is 47.4 Å². The second kappa shape index (κ2) is 7.53. The monoisotopic (exact) mass is 414 g/mol. The molecule has 7 nitrogen and oxygen atoms in total. The van der Waals surface area contributed by atoms with E-state index in [1.165, 1.54) is 6.26 Å². The SMILES string of the molecule is CS(=O)(=O)c1ccc(COc2ccc3[nH]c4c(c3c2)CCN[C@@H]4CC(=O)O)cc1. The number of hydrogen-bond donors (Lipinski definition) is 3. The molecule has 152 valence electrons. The van der Waals surface area contributed by atoms with Gasteiger partial charge in [-0.05, 0) is 54.4 Å². The molecule has 2 heterocycles. The number of aromatic nitrogens is 1. The smallest absolute Gasteiger partial charge is 0.305 e. The minimum atomic E-state index is -3.21. The van der Waals surface area contributed by atoms with Crippen molar-refractivity contribution in [1.29, 1.82) is 0 Å². The van der Waals surface area contributed by atoms with Gasteiger partial charge in [0.25, 0.3) is 0 Å². The molecule has 1 aliphatic rings. The molecule has 0 unspecified atom stereocenters. The average Bonchev–Trinajstić information content (AvgIpc) is 3.05. The Hall–Kier alpha value is -2.84. The molecule has 0 saturated carbocycles. The predicted octanol–water partition coefficient (Wildman–Crippen LogP) is 2.81. The number of benzene rings is 2. The highest BCUT2D eigenvalue weighted by Crippen LogP contribution is 2.33. The Balaban J connectivity index is 1.54. The number of carboxylic acids is 1. The molecule has 1 aromatic heterocycles. The van der Waals surface area contributed by atoms with E-state index in [1.807, 2.05) is 18.2 Å². The van der Waals surface area contributed by atoms with E-state index in [0.717, 1.165) is 40.7 Å². The van der Waals surface area contributed by atoms with Crippen molar-refractivity contribution in [1.82, 2.24) is 10.3 Å². The van der Waals surface area contributed by atoms with Gasteiger partial charge in [-0.2, -0.15) is 0 Å². The van der Waals surface area contributed by atoms with Crippen molar-refractivity contribution in [2.45, 2.75) is 30.4 Å². The number of aliphatic carboxylic acids is 1. The average molecular weight is 414 g/mol. The first kappa shape index (κ1) is 19.5. The van der Waals surface area contributed by atoms with Crippen LogP contribution >= 0.6 is 0 Å². The molecule has 8 heteroatoms. The van der Waals surface area contributed by atoms with Crippen molar-refractivity contribution in [2.24, 2.45) is 0 Å². The Morgan fingerprint density at radius 3 is 2.66 bits per heavy atom. The zero-order valence-electron chi connectivity index (χ0n) is 15.9. The summed E-state index contributed by atoms with van der Waals surface area (Å²) >= 11 is 0. The molecule has 2 aromatic carbocycles. The maximum atomic E-state index is 11.6. The van der Waals surface area contributed by atoms with E-state index in [2.05, 4.69) is 10.3 Å². The van der Waals surface area contributed by atoms with Gasteiger partial charge in [-0.3, -0.25) is 4.79 Å². The number of hydrogen-bond acceptors (Lipinski definition) is 5. The van der Waals surface area contributed by atoms with E-state index in [4.69, 9.17) is 9.84 Å².